The summed E-state index contributed by atoms with van der Waals surface area (Å²) < 4.78 is 1.58. The van der Waals surface area contributed by atoms with Crippen LogP contribution in [0.5, 0.6) is 0 Å². The largest absolute Gasteiger partial charge is 0.311 e. The highest BCUT2D eigenvalue weighted by Gasteiger charge is 2.28. The summed E-state index contributed by atoms with van der Waals surface area (Å²) in [5.41, 5.74) is 0.805. The molecule has 14 heavy (non-hydrogen) atoms. The van der Waals surface area contributed by atoms with Gasteiger partial charge < -0.3 is 5.32 Å². The number of nitrogens with one attached hydrogen (secondary N) is 1. The Balaban J connectivity index is 2.38. The van der Waals surface area contributed by atoms with Crippen LogP contribution in [0.4, 0.5) is 5.69 Å². The van der Waals surface area contributed by atoms with E-state index in [0.717, 1.165) is 19.4 Å². The maximum Gasteiger partial charge on any atom is 0.311 e. The fourth-order valence-electron chi connectivity index (χ4n) is 1.90. The Hall–Kier alpha value is -1.43. The second-order valence-electron chi connectivity index (χ2n) is 3.44. The number of nitrogens with zero attached hydrogens (tertiary/aromatic N) is 3. The van der Waals surface area contributed by atoms with Crippen LogP contribution in [0.15, 0.2) is 6.20 Å². The maximum absolute atomic E-state index is 10.7. The van der Waals surface area contributed by atoms with Crippen molar-refractivity contribution in [3.63, 3.8) is 0 Å². The highest BCUT2D eigenvalue weighted by atomic mass is 16.6. The fraction of sp³-hybridized carbons (Fsp3) is 0.625. The van der Waals surface area contributed by atoms with Crippen molar-refractivity contribution in [2.24, 2.45) is 7.05 Å². The molecule has 6 heteroatoms. The molecule has 0 radical (unpaired) electrons. The summed E-state index contributed by atoms with van der Waals surface area (Å²) in [7, 11) is 1.74. The van der Waals surface area contributed by atoms with Crippen molar-refractivity contribution in [3.05, 3.63) is 22.0 Å². The number of hydrogen-bond donors (Lipinski definition) is 1. The molecular formula is C8H12N4O2. The number of nitro groups is 1. The van der Waals surface area contributed by atoms with Gasteiger partial charge in [-0.05, 0) is 19.4 Å². The smallest absolute Gasteiger partial charge is 0.308 e. The first kappa shape index (κ1) is 9.14. The van der Waals surface area contributed by atoms with Crippen LogP contribution >= 0.6 is 0 Å². The van der Waals surface area contributed by atoms with Gasteiger partial charge in [0.15, 0.2) is 0 Å². The van der Waals surface area contributed by atoms with E-state index in [-0.39, 0.29) is 16.7 Å². The Morgan fingerprint density at radius 1 is 1.79 bits per heavy atom. The number of rotatable bonds is 2. The summed E-state index contributed by atoms with van der Waals surface area (Å²) in [4.78, 5) is 10.3. The van der Waals surface area contributed by atoms with Crippen LogP contribution in [0.3, 0.4) is 0 Å². The van der Waals surface area contributed by atoms with Crippen molar-refractivity contribution in [2.75, 3.05) is 6.54 Å². The average Bonchev–Trinajstić information content (AvgIpc) is 2.71. The fourth-order valence-corrected chi connectivity index (χ4v) is 1.90. The Labute approximate surface area is 81.1 Å². The van der Waals surface area contributed by atoms with Crippen LogP contribution < -0.4 is 5.32 Å². The van der Waals surface area contributed by atoms with E-state index in [1.54, 1.807) is 11.7 Å². The molecule has 1 saturated heterocycles. The normalized spacial score (nSPS) is 21.4. The first-order valence-corrected chi connectivity index (χ1v) is 4.60. The lowest BCUT2D eigenvalue weighted by Gasteiger charge is -2.09. The molecule has 0 bridgehead atoms. The van der Waals surface area contributed by atoms with Crippen LogP contribution in [0.1, 0.15) is 24.6 Å². The van der Waals surface area contributed by atoms with Gasteiger partial charge in [0, 0.05) is 7.05 Å². The van der Waals surface area contributed by atoms with Crippen LogP contribution in [-0.2, 0) is 7.05 Å². The van der Waals surface area contributed by atoms with Gasteiger partial charge in [-0.1, -0.05) is 0 Å². The molecule has 2 rings (SSSR count). The van der Waals surface area contributed by atoms with E-state index in [1.165, 1.54) is 6.20 Å². The Bertz CT molecular complexity index is 354. The molecule has 0 saturated carbocycles. The van der Waals surface area contributed by atoms with Crippen molar-refractivity contribution in [1.29, 1.82) is 0 Å². The number of aryl methyl sites for hydroxylation is 1. The topological polar surface area (TPSA) is 73.0 Å². The molecule has 1 aliphatic rings. The minimum absolute atomic E-state index is 0.0860. The first-order chi connectivity index (χ1) is 6.70. The third-order valence-corrected chi connectivity index (χ3v) is 2.55. The van der Waals surface area contributed by atoms with Crippen LogP contribution in [-0.4, -0.2) is 21.2 Å². The lowest BCUT2D eigenvalue weighted by molar-refractivity contribution is -0.385. The molecule has 1 atom stereocenters. The molecule has 1 fully saturated rings. The van der Waals surface area contributed by atoms with Crippen molar-refractivity contribution in [3.8, 4) is 0 Å². The molecule has 6 nitrogen and oxygen atoms in total. The van der Waals surface area contributed by atoms with Gasteiger partial charge in [-0.25, -0.2) is 0 Å². The molecule has 0 spiro atoms. The van der Waals surface area contributed by atoms with Crippen LogP contribution in [0.25, 0.3) is 0 Å². The first-order valence-electron chi connectivity index (χ1n) is 4.60. The van der Waals surface area contributed by atoms with E-state index in [9.17, 15) is 10.1 Å². The zero-order chi connectivity index (χ0) is 10.1. The van der Waals surface area contributed by atoms with Gasteiger partial charge in [0.2, 0.25) is 0 Å². The molecule has 1 aliphatic heterocycles. The second kappa shape index (κ2) is 3.38. The lowest BCUT2D eigenvalue weighted by atomic mass is 10.1. The summed E-state index contributed by atoms with van der Waals surface area (Å²) in [5, 5.41) is 17.9. The van der Waals surface area contributed by atoms with E-state index >= 15 is 0 Å². The standard InChI is InChI=1S/C8H12N4O2/c1-11-8(6-3-2-4-9-6)7(5-10-11)12(13)14/h5-6,9H,2-4H2,1H3. The zero-order valence-electron chi connectivity index (χ0n) is 7.93. The summed E-state index contributed by atoms with van der Waals surface area (Å²) >= 11 is 0. The SMILES string of the molecule is Cn1ncc([N+](=O)[O-])c1C1CCCN1. The molecule has 1 aromatic rings. The van der Waals surface area contributed by atoms with Crippen molar-refractivity contribution >= 4 is 5.69 Å². The Kier molecular flexibility index (Phi) is 2.20. The van der Waals surface area contributed by atoms with Crippen molar-refractivity contribution in [2.45, 2.75) is 18.9 Å². The predicted molar refractivity (Wildman–Crippen MR) is 49.8 cm³/mol. The zero-order valence-corrected chi connectivity index (χ0v) is 7.93. The molecule has 0 aliphatic carbocycles. The minimum Gasteiger partial charge on any atom is -0.308 e. The third kappa shape index (κ3) is 1.37. The van der Waals surface area contributed by atoms with E-state index in [4.69, 9.17) is 0 Å². The molecule has 1 N–H and O–H groups in total. The highest BCUT2D eigenvalue weighted by Crippen LogP contribution is 2.29. The predicted octanol–water partition coefficient (Wildman–Crippen LogP) is 0.753. The third-order valence-electron chi connectivity index (χ3n) is 2.55. The highest BCUT2D eigenvalue weighted by molar-refractivity contribution is 5.35. The van der Waals surface area contributed by atoms with E-state index in [2.05, 4.69) is 10.4 Å². The summed E-state index contributed by atoms with van der Waals surface area (Å²) in [6.45, 7) is 0.924. The van der Waals surface area contributed by atoms with E-state index in [0.29, 0.717) is 5.69 Å². The van der Waals surface area contributed by atoms with Gasteiger partial charge in [-0.3, -0.25) is 14.8 Å². The summed E-state index contributed by atoms with van der Waals surface area (Å²) in [6.07, 6.45) is 3.32. The van der Waals surface area contributed by atoms with Crippen LogP contribution in [0, 0.1) is 10.1 Å². The second-order valence-corrected chi connectivity index (χ2v) is 3.44. The number of hydrogen-bond acceptors (Lipinski definition) is 4. The molecule has 0 amide bonds. The minimum atomic E-state index is -0.373. The molecule has 1 unspecified atom stereocenters. The van der Waals surface area contributed by atoms with Crippen LogP contribution in [0.2, 0.25) is 0 Å². The van der Waals surface area contributed by atoms with Gasteiger partial charge in [-0.2, -0.15) is 5.10 Å². The van der Waals surface area contributed by atoms with Gasteiger partial charge in [0.1, 0.15) is 11.9 Å². The lowest BCUT2D eigenvalue weighted by Crippen LogP contribution is -2.17. The van der Waals surface area contributed by atoms with Gasteiger partial charge in [0.05, 0.1) is 11.0 Å². The average molecular weight is 196 g/mol. The molecule has 2 heterocycles. The van der Waals surface area contributed by atoms with Crippen molar-refractivity contribution < 1.29 is 4.92 Å². The maximum atomic E-state index is 10.7. The van der Waals surface area contributed by atoms with E-state index in [1.807, 2.05) is 0 Å². The number of aromatic nitrogens is 2. The quantitative estimate of drug-likeness (QED) is 0.559. The van der Waals surface area contributed by atoms with Gasteiger partial charge in [0.25, 0.3) is 0 Å². The Morgan fingerprint density at radius 2 is 2.57 bits per heavy atom. The van der Waals surface area contributed by atoms with Gasteiger partial charge in [-0.15, -0.1) is 0 Å². The van der Waals surface area contributed by atoms with E-state index < -0.39 is 0 Å². The monoisotopic (exact) mass is 196 g/mol. The molecule has 76 valence electrons. The van der Waals surface area contributed by atoms with Gasteiger partial charge >= 0.3 is 5.69 Å². The summed E-state index contributed by atoms with van der Waals surface area (Å²) in [6, 6.07) is 0.0860. The molecule has 1 aromatic heterocycles. The summed E-state index contributed by atoms with van der Waals surface area (Å²) in [5.74, 6) is 0. The molecule has 0 aromatic carbocycles. The Morgan fingerprint density at radius 3 is 3.14 bits per heavy atom. The van der Waals surface area contributed by atoms with Crippen molar-refractivity contribution in [1.82, 2.24) is 15.1 Å². The molecular weight excluding hydrogens is 184 g/mol.